The first kappa shape index (κ1) is 20.0. The van der Waals surface area contributed by atoms with E-state index in [9.17, 15) is 13.2 Å². The van der Waals surface area contributed by atoms with Gasteiger partial charge in [-0.2, -0.15) is 0 Å². The Labute approximate surface area is 153 Å². The maximum Gasteiger partial charge on any atom is 0.238 e. The van der Waals surface area contributed by atoms with Gasteiger partial charge in [-0.3, -0.25) is 4.79 Å². The zero-order valence-electron chi connectivity index (χ0n) is 14.2. The van der Waals surface area contributed by atoms with Gasteiger partial charge in [0.15, 0.2) is 0 Å². The Bertz CT molecular complexity index is 664. The molecule has 0 radical (unpaired) electrons. The third-order valence-electron chi connectivity index (χ3n) is 4.06. The predicted molar refractivity (Wildman–Crippen MR) is 99.2 cm³/mol. The third-order valence-corrected chi connectivity index (χ3v) is 5.91. The number of hydrogen-bond acceptors (Lipinski definition) is 6. The predicted octanol–water partition coefficient (Wildman–Crippen LogP) is 0.560. The number of ether oxygens (including phenoxy) is 1. The first-order chi connectivity index (χ1) is 11.9. The quantitative estimate of drug-likeness (QED) is 0.562. The smallest absolute Gasteiger partial charge is 0.238 e. The molecule has 2 atom stereocenters. The topological polar surface area (TPSA) is 111 Å². The van der Waals surface area contributed by atoms with Crippen LogP contribution >= 0.6 is 11.8 Å². The summed E-state index contributed by atoms with van der Waals surface area (Å²) < 4.78 is 27.8. The number of primary sulfonamides is 1. The van der Waals surface area contributed by atoms with Gasteiger partial charge in [0.05, 0.1) is 17.3 Å². The van der Waals surface area contributed by atoms with E-state index >= 15 is 0 Å². The van der Waals surface area contributed by atoms with Gasteiger partial charge in [0.1, 0.15) is 5.75 Å². The van der Waals surface area contributed by atoms with Crippen molar-refractivity contribution in [2.24, 2.45) is 11.1 Å². The van der Waals surface area contributed by atoms with E-state index in [4.69, 9.17) is 9.88 Å². The van der Waals surface area contributed by atoms with Crippen molar-refractivity contribution < 1.29 is 17.9 Å². The zero-order chi connectivity index (χ0) is 18.3. The molecule has 0 bridgehead atoms. The molecule has 0 spiro atoms. The molecule has 0 saturated carbocycles. The molecule has 4 N–H and O–H groups in total. The summed E-state index contributed by atoms with van der Waals surface area (Å²) in [6, 6.07) is 6.15. The van der Waals surface area contributed by atoms with Crippen LogP contribution in [0.25, 0.3) is 0 Å². The minimum Gasteiger partial charge on any atom is -0.493 e. The summed E-state index contributed by atoms with van der Waals surface area (Å²) in [4.78, 5) is 12.0. The van der Waals surface area contributed by atoms with Crippen molar-refractivity contribution in [3.8, 4) is 5.75 Å². The fraction of sp³-hybridized carbons (Fsp3) is 0.562. The Hall–Kier alpha value is -1.29. The van der Waals surface area contributed by atoms with Gasteiger partial charge in [-0.25, -0.2) is 13.6 Å². The number of hydrogen-bond donors (Lipinski definition) is 3. The number of sulfonamides is 1. The maximum absolute atomic E-state index is 12.0. The standard InChI is InChI=1S/C16H25N3O4S2/c1-12-6-7-18-10-15(12)19-16(20)11-24-9-8-23-13-2-4-14(5-3-13)25(17,21)22/h2-5,12,15,18H,6-11H2,1H3,(H,19,20)(H2,17,21,22). The summed E-state index contributed by atoms with van der Waals surface area (Å²) in [5.41, 5.74) is 0. The average molecular weight is 388 g/mol. The Kier molecular flexibility index (Phi) is 7.55. The van der Waals surface area contributed by atoms with E-state index in [-0.39, 0.29) is 16.8 Å². The van der Waals surface area contributed by atoms with Crippen molar-refractivity contribution in [1.82, 2.24) is 10.6 Å². The van der Waals surface area contributed by atoms with Gasteiger partial charge >= 0.3 is 0 Å². The molecule has 9 heteroatoms. The van der Waals surface area contributed by atoms with Crippen LogP contribution in [0.15, 0.2) is 29.2 Å². The maximum atomic E-state index is 12.0. The Morgan fingerprint density at radius 3 is 2.76 bits per heavy atom. The molecule has 1 aliphatic heterocycles. The normalized spacial score (nSPS) is 20.9. The Balaban J connectivity index is 1.62. The van der Waals surface area contributed by atoms with E-state index in [1.165, 1.54) is 23.9 Å². The fourth-order valence-electron chi connectivity index (χ4n) is 2.54. The molecule has 1 fully saturated rings. The lowest BCUT2D eigenvalue weighted by Gasteiger charge is -2.30. The molecule has 2 unspecified atom stereocenters. The number of nitrogens with one attached hydrogen (secondary N) is 2. The van der Waals surface area contributed by atoms with Crippen LogP contribution in [-0.4, -0.2) is 51.6 Å². The van der Waals surface area contributed by atoms with Crippen molar-refractivity contribution in [2.75, 3.05) is 31.2 Å². The highest BCUT2D eigenvalue weighted by Crippen LogP contribution is 2.15. The lowest BCUT2D eigenvalue weighted by atomic mass is 9.95. The van der Waals surface area contributed by atoms with Gasteiger partial charge in [0.2, 0.25) is 15.9 Å². The van der Waals surface area contributed by atoms with Crippen LogP contribution < -0.4 is 20.5 Å². The van der Waals surface area contributed by atoms with Gasteiger partial charge in [0.25, 0.3) is 0 Å². The van der Waals surface area contributed by atoms with Crippen LogP contribution in [0.2, 0.25) is 0 Å². The Morgan fingerprint density at radius 1 is 1.40 bits per heavy atom. The number of benzene rings is 1. The van der Waals surface area contributed by atoms with Gasteiger partial charge in [-0.05, 0) is 43.1 Å². The zero-order valence-corrected chi connectivity index (χ0v) is 15.9. The van der Waals surface area contributed by atoms with E-state index in [2.05, 4.69) is 17.6 Å². The summed E-state index contributed by atoms with van der Waals surface area (Å²) in [6.07, 6.45) is 1.08. The molecule has 7 nitrogen and oxygen atoms in total. The van der Waals surface area contributed by atoms with E-state index in [1.54, 1.807) is 12.1 Å². The number of piperidine rings is 1. The Morgan fingerprint density at radius 2 is 2.12 bits per heavy atom. The minimum absolute atomic E-state index is 0.0445. The lowest BCUT2D eigenvalue weighted by molar-refractivity contribution is -0.119. The molecular weight excluding hydrogens is 362 g/mol. The molecule has 1 saturated heterocycles. The summed E-state index contributed by atoms with van der Waals surface area (Å²) in [6.45, 7) is 4.44. The fourth-order valence-corrected chi connectivity index (χ4v) is 3.67. The highest BCUT2D eigenvalue weighted by molar-refractivity contribution is 7.99. The van der Waals surface area contributed by atoms with Crippen molar-refractivity contribution in [3.63, 3.8) is 0 Å². The summed E-state index contributed by atoms with van der Waals surface area (Å²) in [5.74, 6) is 2.18. The molecule has 1 aromatic rings. The SMILES string of the molecule is CC1CCNCC1NC(=O)CSCCOc1ccc(S(N)(=O)=O)cc1. The summed E-state index contributed by atoms with van der Waals surface area (Å²) in [5, 5.41) is 11.4. The molecule has 1 aliphatic rings. The van der Waals surface area contributed by atoms with Gasteiger partial charge in [-0.15, -0.1) is 11.8 Å². The third kappa shape index (κ3) is 6.85. The molecular formula is C16H25N3O4S2. The van der Waals surface area contributed by atoms with Crippen molar-refractivity contribution in [2.45, 2.75) is 24.3 Å². The second kappa shape index (κ2) is 9.42. The van der Waals surface area contributed by atoms with E-state index in [1.807, 2.05) is 0 Å². The molecule has 140 valence electrons. The monoisotopic (exact) mass is 387 g/mol. The first-order valence-electron chi connectivity index (χ1n) is 8.20. The average Bonchev–Trinajstić information content (AvgIpc) is 2.56. The number of nitrogens with two attached hydrogens (primary N) is 1. The number of amides is 1. The lowest BCUT2D eigenvalue weighted by Crippen LogP contribution is -2.50. The summed E-state index contributed by atoms with van der Waals surface area (Å²) >= 11 is 1.50. The number of thioether (sulfide) groups is 1. The highest BCUT2D eigenvalue weighted by Gasteiger charge is 2.22. The van der Waals surface area contributed by atoms with E-state index < -0.39 is 10.0 Å². The van der Waals surface area contributed by atoms with Crippen LogP contribution in [0.4, 0.5) is 0 Å². The van der Waals surface area contributed by atoms with Crippen LogP contribution in [0.5, 0.6) is 5.75 Å². The van der Waals surface area contributed by atoms with Gasteiger partial charge in [-0.1, -0.05) is 6.92 Å². The van der Waals surface area contributed by atoms with Crippen LogP contribution in [0.3, 0.4) is 0 Å². The van der Waals surface area contributed by atoms with Crippen LogP contribution in [0, 0.1) is 5.92 Å². The van der Waals surface area contributed by atoms with E-state index in [0.717, 1.165) is 19.5 Å². The summed E-state index contributed by atoms with van der Waals surface area (Å²) in [7, 11) is -3.68. The number of rotatable bonds is 8. The molecule has 1 aromatic carbocycles. The molecule has 1 heterocycles. The highest BCUT2D eigenvalue weighted by atomic mass is 32.2. The molecule has 0 aliphatic carbocycles. The molecule has 25 heavy (non-hydrogen) atoms. The second-order valence-corrected chi connectivity index (χ2v) is 8.73. The molecule has 2 rings (SSSR count). The van der Waals surface area contributed by atoms with Gasteiger partial charge in [0, 0.05) is 18.3 Å². The van der Waals surface area contributed by atoms with Crippen LogP contribution in [0.1, 0.15) is 13.3 Å². The largest absolute Gasteiger partial charge is 0.493 e. The number of carbonyl (C=O) groups is 1. The molecule has 1 amide bonds. The van der Waals surface area contributed by atoms with Crippen molar-refractivity contribution in [3.05, 3.63) is 24.3 Å². The van der Waals surface area contributed by atoms with Crippen LogP contribution in [-0.2, 0) is 14.8 Å². The second-order valence-electron chi connectivity index (χ2n) is 6.06. The van der Waals surface area contributed by atoms with Crippen molar-refractivity contribution >= 4 is 27.7 Å². The van der Waals surface area contributed by atoms with E-state index in [0.29, 0.717) is 29.8 Å². The number of carbonyl (C=O) groups excluding carboxylic acids is 1. The minimum atomic E-state index is -3.68. The van der Waals surface area contributed by atoms with Crippen molar-refractivity contribution in [1.29, 1.82) is 0 Å². The first-order valence-corrected chi connectivity index (χ1v) is 10.9. The molecule has 0 aromatic heterocycles. The van der Waals surface area contributed by atoms with Gasteiger partial charge < -0.3 is 15.4 Å².